The van der Waals surface area contributed by atoms with Gasteiger partial charge in [0.25, 0.3) is 15.9 Å². The summed E-state index contributed by atoms with van der Waals surface area (Å²) in [7, 11) is -2.16. The van der Waals surface area contributed by atoms with E-state index in [1.54, 1.807) is 25.5 Å². The van der Waals surface area contributed by atoms with Crippen LogP contribution in [0, 0.1) is 0 Å². The zero-order chi connectivity index (χ0) is 24.1. The van der Waals surface area contributed by atoms with Crippen molar-refractivity contribution in [3.8, 4) is 5.75 Å². The van der Waals surface area contributed by atoms with Gasteiger partial charge in [0, 0.05) is 21.3 Å². The molecule has 0 spiro atoms. The van der Waals surface area contributed by atoms with Gasteiger partial charge in [0.05, 0.1) is 18.2 Å². The quantitative estimate of drug-likeness (QED) is 0.251. The predicted octanol–water partition coefficient (Wildman–Crippen LogP) is 5.18. The van der Waals surface area contributed by atoms with E-state index in [2.05, 4.69) is 31.2 Å². The Bertz CT molecular complexity index is 1470. The van der Waals surface area contributed by atoms with Gasteiger partial charge in [0.1, 0.15) is 5.75 Å². The molecule has 0 saturated carbocycles. The number of benzene rings is 4. The third-order valence-corrected chi connectivity index (χ3v) is 6.96. The summed E-state index contributed by atoms with van der Waals surface area (Å²) in [4.78, 5) is 12.6. The fourth-order valence-corrected chi connectivity index (χ4v) is 4.65. The maximum Gasteiger partial charge on any atom is 0.271 e. The van der Waals surface area contributed by atoms with E-state index in [1.807, 2.05) is 36.4 Å². The van der Waals surface area contributed by atoms with Crippen LogP contribution >= 0.6 is 15.9 Å². The minimum atomic E-state index is -3.74. The highest BCUT2D eigenvalue weighted by atomic mass is 79.9. The minimum absolute atomic E-state index is 0.135. The van der Waals surface area contributed by atoms with E-state index < -0.39 is 15.9 Å². The van der Waals surface area contributed by atoms with Gasteiger partial charge in [-0.15, -0.1) is 0 Å². The average Bonchev–Trinajstić information content (AvgIpc) is 2.84. The first-order valence-corrected chi connectivity index (χ1v) is 12.4. The number of nitrogens with one attached hydrogen (secondary N) is 2. The number of hydrazone groups is 1. The van der Waals surface area contributed by atoms with E-state index in [1.165, 1.54) is 36.4 Å². The number of methoxy groups -OCH3 is 1. The number of ether oxygens (including phenoxy) is 1. The molecule has 34 heavy (non-hydrogen) atoms. The number of halogens is 1. The van der Waals surface area contributed by atoms with Crippen LogP contribution in [-0.2, 0) is 10.0 Å². The Labute approximate surface area is 205 Å². The Morgan fingerprint density at radius 2 is 1.65 bits per heavy atom. The third-order valence-electron chi connectivity index (χ3n) is 5.03. The van der Waals surface area contributed by atoms with Gasteiger partial charge in [-0.2, -0.15) is 5.10 Å². The number of sulfonamides is 1. The highest BCUT2D eigenvalue weighted by Crippen LogP contribution is 2.26. The van der Waals surface area contributed by atoms with Crippen LogP contribution in [0.4, 0.5) is 5.69 Å². The standard InChI is InChI=1S/C25H20BrN3O4S/c1-33-24-15-8-17-4-2-3-5-22(17)23(24)16-27-28-25(30)18-6-11-20(12-7-18)29-34(31,32)21-13-9-19(26)10-14-21/h2-16,29H,1H3,(H,28,30)/b27-16+. The maximum atomic E-state index is 12.5. The Morgan fingerprint density at radius 1 is 0.941 bits per heavy atom. The van der Waals surface area contributed by atoms with Gasteiger partial charge in [-0.05, 0) is 65.4 Å². The minimum Gasteiger partial charge on any atom is -0.496 e. The molecule has 0 aromatic heterocycles. The Morgan fingerprint density at radius 3 is 2.35 bits per heavy atom. The summed E-state index contributed by atoms with van der Waals surface area (Å²) in [6.07, 6.45) is 1.54. The molecule has 0 unspecified atom stereocenters. The van der Waals surface area contributed by atoms with E-state index in [0.717, 1.165) is 20.8 Å². The fraction of sp³-hybridized carbons (Fsp3) is 0.0400. The van der Waals surface area contributed by atoms with E-state index in [0.29, 0.717) is 17.0 Å². The van der Waals surface area contributed by atoms with Crippen LogP contribution in [0.25, 0.3) is 10.8 Å². The van der Waals surface area contributed by atoms with Crippen LogP contribution in [0.2, 0.25) is 0 Å². The summed E-state index contributed by atoms with van der Waals surface area (Å²) in [6, 6.07) is 24.0. The molecule has 0 heterocycles. The predicted molar refractivity (Wildman–Crippen MR) is 137 cm³/mol. The first-order chi connectivity index (χ1) is 16.4. The molecule has 0 aliphatic carbocycles. The number of nitrogens with zero attached hydrogens (tertiary/aromatic N) is 1. The molecule has 0 aliphatic heterocycles. The second kappa shape index (κ2) is 10.1. The molecule has 0 saturated heterocycles. The number of amides is 1. The lowest BCUT2D eigenvalue weighted by Crippen LogP contribution is -2.18. The lowest BCUT2D eigenvalue weighted by atomic mass is 10.0. The van der Waals surface area contributed by atoms with Crippen LogP contribution < -0.4 is 14.9 Å². The normalized spacial score (nSPS) is 11.5. The maximum absolute atomic E-state index is 12.5. The third kappa shape index (κ3) is 5.27. The number of carbonyl (C=O) groups excluding carboxylic acids is 1. The molecular formula is C25H20BrN3O4S. The molecule has 9 heteroatoms. The molecular weight excluding hydrogens is 518 g/mol. The molecule has 0 fully saturated rings. The van der Waals surface area contributed by atoms with Crippen molar-refractivity contribution in [2.45, 2.75) is 4.90 Å². The number of hydrogen-bond acceptors (Lipinski definition) is 5. The van der Waals surface area contributed by atoms with E-state index in [-0.39, 0.29) is 4.90 Å². The summed E-state index contributed by atoms with van der Waals surface area (Å²) < 4.78 is 33.7. The highest BCUT2D eigenvalue weighted by Gasteiger charge is 2.14. The molecule has 1 amide bonds. The van der Waals surface area contributed by atoms with Crippen molar-refractivity contribution >= 4 is 54.5 Å². The molecule has 4 rings (SSSR count). The van der Waals surface area contributed by atoms with E-state index in [9.17, 15) is 13.2 Å². The largest absolute Gasteiger partial charge is 0.496 e. The molecule has 0 bridgehead atoms. The summed E-state index contributed by atoms with van der Waals surface area (Å²) in [5, 5.41) is 6.06. The molecule has 2 N–H and O–H groups in total. The van der Waals surface area contributed by atoms with Crippen molar-refractivity contribution in [2.24, 2.45) is 5.10 Å². The van der Waals surface area contributed by atoms with Gasteiger partial charge < -0.3 is 4.74 Å². The molecule has 0 radical (unpaired) electrons. The molecule has 7 nitrogen and oxygen atoms in total. The number of fused-ring (bicyclic) bond motifs is 1. The van der Waals surface area contributed by atoms with E-state index >= 15 is 0 Å². The van der Waals surface area contributed by atoms with Crippen LogP contribution in [0.5, 0.6) is 5.75 Å². The van der Waals surface area contributed by atoms with Crippen molar-refractivity contribution in [3.05, 3.63) is 101 Å². The van der Waals surface area contributed by atoms with Crippen LogP contribution in [0.1, 0.15) is 15.9 Å². The summed E-state index contributed by atoms with van der Waals surface area (Å²) in [5.74, 6) is 0.205. The first kappa shape index (κ1) is 23.5. The highest BCUT2D eigenvalue weighted by molar-refractivity contribution is 9.10. The van der Waals surface area contributed by atoms with Crippen molar-refractivity contribution < 1.29 is 17.9 Å². The summed E-state index contributed by atoms with van der Waals surface area (Å²) in [5.41, 5.74) is 3.91. The Balaban J connectivity index is 1.45. The number of rotatable bonds is 7. The van der Waals surface area contributed by atoms with Gasteiger partial charge >= 0.3 is 0 Å². The zero-order valence-corrected chi connectivity index (χ0v) is 20.4. The monoisotopic (exact) mass is 537 g/mol. The number of carbonyl (C=O) groups is 1. The van der Waals surface area contributed by atoms with Crippen molar-refractivity contribution in [3.63, 3.8) is 0 Å². The Hall–Kier alpha value is -3.69. The second-order valence-corrected chi connectivity index (χ2v) is 9.84. The molecule has 4 aromatic rings. The number of hydrogen-bond donors (Lipinski definition) is 2. The molecule has 0 aliphatic rings. The topological polar surface area (TPSA) is 96.9 Å². The van der Waals surface area contributed by atoms with Gasteiger partial charge in [-0.3, -0.25) is 9.52 Å². The zero-order valence-electron chi connectivity index (χ0n) is 18.0. The smallest absolute Gasteiger partial charge is 0.271 e. The van der Waals surface area contributed by atoms with Crippen molar-refractivity contribution in [2.75, 3.05) is 11.8 Å². The van der Waals surface area contributed by atoms with Crippen LogP contribution in [0.15, 0.2) is 99.4 Å². The molecule has 172 valence electrons. The summed E-state index contributed by atoms with van der Waals surface area (Å²) in [6.45, 7) is 0. The van der Waals surface area contributed by atoms with Gasteiger partial charge in [0.2, 0.25) is 0 Å². The van der Waals surface area contributed by atoms with Gasteiger partial charge in [-0.25, -0.2) is 13.8 Å². The second-order valence-electron chi connectivity index (χ2n) is 7.24. The lowest BCUT2D eigenvalue weighted by Gasteiger charge is -2.09. The SMILES string of the molecule is COc1ccc2ccccc2c1/C=N/NC(=O)c1ccc(NS(=O)(=O)c2ccc(Br)cc2)cc1. The Kier molecular flexibility index (Phi) is 6.95. The molecule has 0 atom stereocenters. The van der Waals surface area contributed by atoms with Crippen LogP contribution in [0.3, 0.4) is 0 Å². The average molecular weight is 538 g/mol. The fourth-order valence-electron chi connectivity index (χ4n) is 3.32. The first-order valence-electron chi connectivity index (χ1n) is 10.1. The van der Waals surface area contributed by atoms with Crippen LogP contribution in [-0.4, -0.2) is 27.6 Å². The van der Waals surface area contributed by atoms with Crippen molar-refractivity contribution in [1.82, 2.24) is 5.43 Å². The van der Waals surface area contributed by atoms with Gasteiger partial charge in [-0.1, -0.05) is 46.3 Å². The summed E-state index contributed by atoms with van der Waals surface area (Å²) >= 11 is 3.28. The molecule has 4 aromatic carbocycles. The van der Waals surface area contributed by atoms with Crippen molar-refractivity contribution in [1.29, 1.82) is 0 Å². The number of anilines is 1. The van der Waals surface area contributed by atoms with Gasteiger partial charge in [0.15, 0.2) is 0 Å². The van der Waals surface area contributed by atoms with E-state index in [4.69, 9.17) is 4.74 Å². The lowest BCUT2D eigenvalue weighted by molar-refractivity contribution is 0.0955.